The highest BCUT2D eigenvalue weighted by atomic mass is 16.1. The Morgan fingerprint density at radius 3 is 2.32 bits per heavy atom. The van der Waals surface area contributed by atoms with Crippen molar-refractivity contribution in [2.75, 3.05) is 0 Å². The molecular weight excluding hydrogens is 234 g/mol. The first-order valence-electron chi connectivity index (χ1n) is 7.41. The van der Waals surface area contributed by atoms with Crippen molar-refractivity contribution in [3.8, 4) is 0 Å². The van der Waals surface area contributed by atoms with Gasteiger partial charge in [0.15, 0.2) is 0 Å². The molecule has 1 unspecified atom stereocenters. The summed E-state index contributed by atoms with van der Waals surface area (Å²) in [7, 11) is 0. The summed E-state index contributed by atoms with van der Waals surface area (Å²) in [4.78, 5) is 11.7. The molecule has 0 bridgehead atoms. The van der Waals surface area contributed by atoms with Crippen molar-refractivity contribution in [2.45, 2.75) is 59.4 Å². The van der Waals surface area contributed by atoms with Crippen LogP contribution in [0.4, 0.5) is 0 Å². The highest BCUT2D eigenvalue weighted by Gasteiger charge is 2.09. The van der Waals surface area contributed by atoms with E-state index in [-0.39, 0.29) is 11.9 Å². The first-order chi connectivity index (χ1) is 9.02. The van der Waals surface area contributed by atoms with Gasteiger partial charge in [-0.2, -0.15) is 0 Å². The summed E-state index contributed by atoms with van der Waals surface area (Å²) in [6, 6.07) is 8.69. The molecule has 2 nitrogen and oxygen atoms in total. The molecule has 0 aliphatic carbocycles. The van der Waals surface area contributed by atoms with Crippen molar-refractivity contribution in [2.24, 2.45) is 5.92 Å². The van der Waals surface area contributed by atoms with E-state index in [1.54, 1.807) is 0 Å². The van der Waals surface area contributed by atoms with Crippen LogP contribution in [0.25, 0.3) is 0 Å². The van der Waals surface area contributed by atoms with Crippen molar-refractivity contribution in [3.63, 3.8) is 0 Å². The van der Waals surface area contributed by atoms with Crippen LogP contribution in [0.2, 0.25) is 0 Å². The van der Waals surface area contributed by atoms with Gasteiger partial charge in [0.2, 0.25) is 5.91 Å². The van der Waals surface area contributed by atoms with Crippen LogP contribution in [0.15, 0.2) is 24.3 Å². The second kappa shape index (κ2) is 7.98. The summed E-state index contributed by atoms with van der Waals surface area (Å²) in [5, 5.41) is 3.05. The highest BCUT2D eigenvalue weighted by Crippen LogP contribution is 2.15. The van der Waals surface area contributed by atoms with Gasteiger partial charge in [-0.25, -0.2) is 0 Å². The molecule has 1 atom stereocenters. The molecule has 106 valence electrons. The quantitative estimate of drug-likeness (QED) is 0.781. The minimum atomic E-state index is 0.0949. The minimum absolute atomic E-state index is 0.0949. The molecule has 0 fully saturated rings. The van der Waals surface area contributed by atoms with Crippen molar-refractivity contribution < 1.29 is 4.79 Å². The van der Waals surface area contributed by atoms with Gasteiger partial charge in [0, 0.05) is 6.42 Å². The zero-order valence-electron chi connectivity index (χ0n) is 12.7. The zero-order chi connectivity index (χ0) is 14.3. The number of carbonyl (C=O) groups excluding carboxylic acids is 1. The summed E-state index contributed by atoms with van der Waals surface area (Å²) in [6.45, 7) is 8.60. The fraction of sp³-hybridized carbons (Fsp3) is 0.588. The molecule has 1 N–H and O–H groups in total. The lowest BCUT2D eigenvalue weighted by molar-refractivity contribution is -0.121. The third-order valence-corrected chi connectivity index (χ3v) is 3.26. The lowest BCUT2D eigenvalue weighted by Gasteiger charge is -2.15. The molecule has 0 saturated carbocycles. The lowest BCUT2D eigenvalue weighted by atomic mass is 10.00. The predicted octanol–water partition coefficient (Wildman–Crippen LogP) is 4.25. The maximum absolute atomic E-state index is 11.7. The molecule has 1 amide bonds. The molecule has 0 spiro atoms. The van der Waals surface area contributed by atoms with Crippen molar-refractivity contribution >= 4 is 5.91 Å². The number of rotatable bonds is 7. The number of nitrogens with one attached hydrogen (secondary N) is 1. The van der Waals surface area contributed by atoms with E-state index in [1.807, 2.05) is 6.92 Å². The first kappa shape index (κ1) is 15.7. The Bertz CT molecular complexity index is 381. The monoisotopic (exact) mass is 261 g/mol. The molecule has 19 heavy (non-hydrogen) atoms. The number of hydrogen-bond acceptors (Lipinski definition) is 1. The number of amides is 1. The predicted molar refractivity (Wildman–Crippen MR) is 81.1 cm³/mol. The van der Waals surface area contributed by atoms with E-state index in [1.165, 1.54) is 11.1 Å². The van der Waals surface area contributed by atoms with E-state index in [9.17, 15) is 4.79 Å². The topological polar surface area (TPSA) is 29.1 Å². The van der Waals surface area contributed by atoms with Crippen LogP contribution in [0.3, 0.4) is 0 Å². The van der Waals surface area contributed by atoms with Crippen molar-refractivity contribution in [3.05, 3.63) is 35.4 Å². The van der Waals surface area contributed by atoms with Crippen LogP contribution in [0.5, 0.6) is 0 Å². The van der Waals surface area contributed by atoms with Crippen LogP contribution in [-0.2, 0) is 11.2 Å². The molecule has 0 aromatic heterocycles. The standard InChI is InChI=1S/C17H27NO/c1-5-6-7-17(19)18-14(4)16-10-8-15(9-11-16)12-13(2)3/h8-11,13-14H,5-7,12H2,1-4H3,(H,18,19). The minimum Gasteiger partial charge on any atom is -0.350 e. The second-order valence-electron chi connectivity index (χ2n) is 5.73. The summed E-state index contributed by atoms with van der Waals surface area (Å²) in [5.41, 5.74) is 2.54. The molecule has 0 aliphatic heterocycles. The Hall–Kier alpha value is -1.31. The molecule has 2 heteroatoms. The third kappa shape index (κ3) is 5.91. The van der Waals surface area contributed by atoms with E-state index in [0.29, 0.717) is 12.3 Å². The number of carbonyl (C=O) groups is 1. The average Bonchev–Trinajstić information content (AvgIpc) is 2.36. The lowest BCUT2D eigenvalue weighted by Crippen LogP contribution is -2.26. The fourth-order valence-corrected chi connectivity index (χ4v) is 2.15. The van der Waals surface area contributed by atoms with Gasteiger partial charge in [-0.3, -0.25) is 4.79 Å². The van der Waals surface area contributed by atoms with Gasteiger partial charge in [0.1, 0.15) is 0 Å². The smallest absolute Gasteiger partial charge is 0.220 e. The molecule has 0 radical (unpaired) electrons. The van der Waals surface area contributed by atoms with E-state index in [2.05, 4.69) is 50.4 Å². The van der Waals surface area contributed by atoms with Gasteiger partial charge >= 0.3 is 0 Å². The van der Waals surface area contributed by atoms with Gasteiger partial charge in [0.05, 0.1) is 6.04 Å². The van der Waals surface area contributed by atoms with Crippen LogP contribution in [0.1, 0.15) is 64.1 Å². The molecule has 1 rings (SSSR count). The van der Waals surface area contributed by atoms with Gasteiger partial charge in [-0.15, -0.1) is 0 Å². The maximum Gasteiger partial charge on any atom is 0.220 e. The van der Waals surface area contributed by atoms with E-state index in [0.717, 1.165) is 19.3 Å². The van der Waals surface area contributed by atoms with Crippen LogP contribution in [0, 0.1) is 5.92 Å². The Morgan fingerprint density at radius 2 is 1.79 bits per heavy atom. The largest absolute Gasteiger partial charge is 0.350 e. The zero-order valence-corrected chi connectivity index (χ0v) is 12.7. The number of hydrogen-bond donors (Lipinski definition) is 1. The van der Waals surface area contributed by atoms with Crippen molar-refractivity contribution in [1.29, 1.82) is 0 Å². The highest BCUT2D eigenvalue weighted by molar-refractivity contribution is 5.76. The van der Waals surface area contributed by atoms with Crippen molar-refractivity contribution in [1.82, 2.24) is 5.32 Å². The normalized spacial score (nSPS) is 12.5. The Labute approximate surface area is 117 Å². The summed E-state index contributed by atoms with van der Waals surface area (Å²) < 4.78 is 0. The molecule has 0 heterocycles. The first-order valence-corrected chi connectivity index (χ1v) is 7.41. The molecule has 0 saturated heterocycles. The Kier molecular flexibility index (Phi) is 6.61. The second-order valence-corrected chi connectivity index (χ2v) is 5.73. The average molecular weight is 261 g/mol. The van der Waals surface area contributed by atoms with Gasteiger partial charge < -0.3 is 5.32 Å². The Morgan fingerprint density at radius 1 is 1.16 bits per heavy atom. The Balaban J connectivity index is 2.52. The number of unbranched alkanes of at least 4 members (excludes halogenated alkanes) is 1. The molecule has 1 aromatic carbocycles. The molecule has 1 aromatic rings. The van der Waals surface area contributed by atoms with E-state index in [4.69, 9.17) is 0 Å². The van der Waals surface area contributed by atoms with Crippen LogP contribution >= 0.6 is 0 Å². The van der Waals surface area contributed by atoms with Crippen LogP contribution in [-0.4, -0.2) is 5.91 Å². The maximum atomic E-state index is 11.7. The molecule has 0 aliphatic rings. The summed E-state index contributed by atoms with van der Waals surface area (Å²) in [5.74, 6) is 0.831. The van der Waals surface area contributed by atoms with Crippen LogP contribution < -0.4 is 5.32 Å². The molecular formula is C17H27NO. The van der Waals surface area contributed by atoms with Gasteiger partial charge in [-0.1, -0.05) is 51.5 Å². The summed E-state index contributed by atoms with van der Waals surface area (Å²) >= 11 is 0. The van der Waals surface area contributed by atoms with Gasteiger partial charge in [-0.05, 0) is 36.8 Å². The number of benzene rings is 1. The van der Waals surface area contributed by atoms with Gasteiger partial charge in [0.25, 0.3) is 0 Å². The SMILES string of the molecule is CCCCC(=O)NC(C)c1ccc(CC(C)C)cc1. The third-order valence-electron chi connectivity index (χ3n) is 3.26. The summed E-state index contributed by atoms with van der Waals surface area (Å²) in [6.07, 6.45) is 3.77. The van der Waals surface area contributed by atoms with E-state index < -0.39 is 0 Å². The van der Waals surface area contributed by atoms with E-state index >= 15 is 0 Å². The fourth-order valence-electron chi connectivity index (χ4n) is 2.15.